The van der Waals surface area contributed by atoms with Crippen molar-refractivity contribution in [3.05, 3.63) is 63.6 Å². The number of benzene rings is 1. The zero-order valence-electron chi connectivity index (χ0n) is 17.2. The number of nitrogens with zero attached hydrogens (tertiary/aromatic N) is 1. The average Bonchev–Trinajstić information content (AvgIpc) is 3.51. The van der Waals surface area contributed by atoms with E-state index < -0.39 is 11.5 Å². The van der Waals surface area contributed by atoms with E-state index in [1.165, 1.54) is 23.9 Å². The minimum atomic E-state index is -0.540. The molecule has 0 unspecified atom stereocenters. The summed E-state index contributed by atoms with van der Waals surface area (Å²) in [7, 11) is 1.44. The number of aliphatic hydroxyl groups is 1. The number of ether oxygens (including phenoxy) is 1. The van der Waals surface area contributed by atoms with E-state index in [1.54, 1.807) is 18.2 Å². The second-order valence-corrected chi connectivity index (χ2v) is 7.36. The first-order valence-electron chi connectivity index (χ1n) is 10.1. The van der Waals surface area contributed by atoms with Crippen LogP contribution in [-0.4, -0.2) is 47.8 Å². The number of aromatic nitrogens is 1. The van der Waals surface area contributed by atoms with Gasteiger partial charge < -0.3 is 25.0 Å². The molecule has 1 aromatic carbocycles. The van der Waals surface area contributed by atoms with Crippen LogP contribution in [0.15, 0.2) is 41.3 Å². The van der Waals surface area contributed by atoms with Crippen LogP contribution >= 0.6 is 0 Å². The smallest absolute Gasteiger partial charge is 0.263 e. The molecule has 0 saturated heterocycles. The van der Waals surface area contributed by atoms with Crippen LogP contribution in [0, 0.1) is 5.92 Å². The normalized spacial score (nSPS) is 17.3. The van der Waals surface area contributed by atoms with E-state index in [0.29, 0.717) is 11.7 Å². The van der Waals surface area contributed by atoms with Crippen molar-refractivity contribution < 1.29 is 19.4 Å². The first-order chi connectivity index (χ1) is 14.5. The SMILES string of the molecule is CC[C@@H]1C[C@H]1NC(=O)c1cc(C(=O)NC)c(=O)n(Cc2cccc(OCCO)c2)c1. The molecular weight excluding hydrogens is 386 g/mol. The number of nitrogens with one attached hydrogen (secondary N) is 2. The van der Waals surface area contributed by atoms with Gasteiger partial charge in [0.05, 0.1) is 18.7 Å². The monoisotopic (exact) mass is 413 g/mol. The summed E-state index contributed by atoms with van der Waals surface area (Å²) in [6.07, 6.45) is 3.43. The fourth-order valence-electron chi connectivity index (χ4n) is 3.40. The summed E-state index contributed by atoms with van der Waals surface area (Å²) in [6.45, 7) is 2.32. The van der Waals surface area contributed by atoms with E-state index in [-0.39, 0.29) is 42.8 Å². The fraction of sp³-hybridized carbons (Fsp3) is 0.409. The quantitative estimate of drug-likeness (QED) is 0.571. The molecule has 0 bridgehead atoms. The van der Waals surface area contributed by atoms with Gasteiger partial charge in [-0.05, 0) is 36.1 Å². The van der Waals surface area contributed by atoms with Gasteiger partial charge in [-0.3, -0.25) is 14.4 Å². The zero-order valence-corrected chi connectivity index (χ0v) is 17.2. The van der Waals surface area contributed by atoms with Crippen LogP contribution in [0.5, 0.6) is 5.75 Å². The zero-order chi connectivity index (χ0) is 21.7. The summed E-state index contributed by atoms with van der Waals surface area (Å²) in [5.41, 5.74) is 0.468. The molecule has 0 radical (unpaired) electrons. The van der Waals surface area contributed by atoms with E-state index in [4.69, 9.17) is 9.84 Å². The van der Waals surface area contributed by atoms with Crippen molar-refractivity contribution in [3.63, 3.8) is 0 Å². The van der Waals surface area contributed by atoms with Gasteiger partial charge in [0.25, 0.3) is 17.4 Å². The molecule has 0 aliphatic heterocycles. The van der Waals surface area contributed by atoms with E-state index in [9.17, 15) is 14.4 Å². The molecule has 1 aliphatic carbocycles. The van der Waals surface area contributed by atoms with Crippen molar-refractivity contribution in [1.82, 2.24) is 15.2 Å². The van der Waals surface area contributed by atoms with Gasteiger partial charge in [0.15, 0.2) is 0 Å². The summed E-state index contributed by atoms with van der Waals surface area (Å²) < 4.78 is 6.77. The highest BCUT2D eigenvalue weighted by Crippen LogP contribution is 2.33. The average molecular weight is 413 g/mol. The van der Waals surface area contributed by atoms with Crippen molar-refractivity contribution >= 4 is 11.8 Å². The first-order valence-corrected chi connectivity index (χ1v) is 10.1. The number of hydrogen-bond acceptors (Lipinski definition) is 5. The number of hydrogen-bond donors (Lipinski definition) is 3. The second-order valence-electron chi connectivity index (χ2n) is 7.36. The third kappa shape index (κ3) is 5.07. The van der Waals surface area contributed by atoms with Gasteiger partial charge in [-0.25, -0.2) is 0 Å². The third-order valence-electron chi connectivity index (χ3n) is 5.19. The van der Waals surface area contributed by atoms with Gasteiger partial charge in [-0.2, -0.15) is 0 Å². The number of aliphatic hydroxyl groups excluding tert-OH is 1. The summed E-state index contributed by atoms with van der Waals surface area (Å²) in [5.74, 6) is 0.213. The Morgan fingerprint density at radius 2 is 2.07 bits per heavy atom. The molecule has 1 fully saturated rings. The minimum Gasteiger partial charge on any atom is -0.491 e. The molecule has 1 saturated carbocycles. The lowest BCUT2D eigenvalue weighted by molar-refractivity contribution is 0.0948. The molecule has 1 aromatic heterocycles. The number of rotatable bonds is 9. The molecule has 30 heavy (non-hydrogen) atoms. The Hall–Kier alpha value is -3.13. The predicted molar refractivity (Wildman–Crippen MR) is 112 cm³/mol. The van der Waals surface area contributed by atoms with Crippen LogP contribution in [-0.2, 0) is 6.54 Å². The van der Waals surface area contributed by atoms with Crippen LogP contribution < -0.4 is 20.9 Å². The van der Waals surface area contributed by atoms with Gasteiger partial charge in [-0.15, -0.1) is 0 Å². The van der Waals surface area contributed by atoms with Crippen LogP contribution in [0.4, 0.5) is 0 Å². The maximum atomic E-state index is 12.8. The van der Waals surface area contributed by atoms with Crippen molar-refractivity contribution in [2.45, 2.75) is 32.4 Å². The first kappa shape index (κ1) is 21.6. The third-order valence-corrected chi connectivity index (χ3v) is 5.19. The lowest BCUT2D eigenvalue weighted by Crippen LogP contribution is -2.34. The molecule has 0 spiro atoms. The minimum absolute atomic E-state index is 0.0827. The summed E-state index contributed by atoms with van der Waals surface area (Å²) in [6, 6.07) is 8.59. The van der Waals surface area contributed by atoms with E-state index in [2.05, 4.69) is 17.6 Å². The topological polar surface area (TPSA) is 110 Å². The van der Waals surface area contributed by atoms with E-state index >= 15 is 0 Å². The van der Waals surface area contributed by atoms with Crippen LogP contribution in [0.3, 0.4) is 0 Å². The molecule has 3 N–H and O–H groups in total. The maximum Gasteiger partial charge on any atom is 0.263 e. The summed E-state index contributed by atoms with van der Waals surface area (Å²) in [4.78, 5) is 37.8. The highest BCUT2D eigenvalue weighted by molar-refractivity contribution is 5.99. The van der Waals surface area contributed by atoms with Crippen LogP contribution in [0.25, 0.3) is 0 Å². The lowest BCUT2D eigenvalue weighted by Gasteiger charge is -2.13. The van der Waals surface area contributed by atoms with Gasteiger partial charge in [0, 0.05) is 19.3 Å². The fourth-order valence-corrected chi connectivity index (χ4v) is 3.40. The Morgan fingerprint density at radius 1 is 1.27 bits per heavy atom. The van der Waals surface area contributed by atoms with Crippen LogP contribution in [0.2, 0.25) is 0 Å². The molecule has 8 nitrogen and oxygen atoms in total. The Morgan fingerprint density at radius 3 is 2.73 bits per heavy atom. The van der Waals surface area contributed by atoms with Crippen molar-refractivity contribution in [2.24, 2.45) is 5.92 Å². The van der Waals surface area contributed by atoms with Gasteiger partial charge in [0.1, 0.15) is 17.9 Å². The number of carbonyl (C=O) groups excluding carboxylic acids is 2. The lowest BCUT2D eigenvalue weighted by atomic mass is 10.1. The molecule has 2 atom stereocenters. The molecule has 1 aliphatic rings. The largest absolute Gasteiger partial charge is 0.491 e. The number of pyridine rings is 1. The van der Waals surface area contributed by atoms with Crippen molar-refractivity contribution in [1.29, 1.82) is 0 Å². The van der Waals surface area contributed by atoms with Crippen molar-refractivity contribution in [2.75, 3.05) is 20.3 Å². The predicted octanol–water partition coefficient (Wildman–Crippen LogP) is 1.16. The summed E-state index contributed by atoms with van der Waals surface area (Å²) in [5, 5.41) is 14.3. The summed E-state index contributed by atoms with van der Waals surface area (Å²) >= 11 is 0. The Kier molecular flexibility index (Phi) is 6.89. The van der Waals surface area contributed by atoms with E-state index in [1.807, 2.05) is 6.07 Å². The Balaban J connectivity index is 1.90. The van der Waals surface area contributed by atoms with Gasteiger partial charge in [-0.1, -0.05) is 25.5 Å². The number of carbonyl (C=O) groups is 2. The second kappa shape index (κ2) is 9.58. The molecule has 8 heteroatoms. The molecule has 2 aromatic rings. The maximum absolute atomic E-state index is 12.8. The molecule has 160 valence electrons. The van der Waals surface area contributed by atoms with Gasteiger partial charge >= 0.3 is 0 Å². The molecular formula is C22H27N3O5. The Bertz CT molecular complexity index is 985. The van der Waals surface area contributed by atoms with Crippen LogP contribution in [0.1, 0.15) is 46.0 Å². The van der Waals surface area contributed by atoms with E-state index in [0.717, 1.165) is 18.4 Å². The molecule has 1 heterocycles. The van der Waals surface area contributed by atoms with Crippen molar-refractivity contribution in [3.8, 4) is 5.75 Å². The van der Waals surface area contributed by atoms with Gasteiger partial charge in [0.2, 0.25) is 0 Å². The molecule has 2 amide bonds. The molecule has 3 rings (SSSR count). The highest BCUT2D eigenvalue weighted by atomic mass is 16.5. The standard InChI is InChI=1S/C22H27N3O5/c1-3-15-11-19(15)24-20(27)16-10-18(21(28)23-2)22(29)25(13-16)12-14-5-4-6-17(9-14)30-8-7-26/h4-6,9-10,13,15,19,26H,3,7-8,11-12H2,1-2H3,(H,23,28)(H,24,27)/t15-,19-/m1/s1. The highest BCUT2D eigenvalue weighted by Gasteiger charge is 2.36. The number of amides is 2. The Labute approximate surface area is 174 Å².